The number of hydrogen-bond donors (Lipinski definition) is 3. The van der Waals surface area contributed by atoms with Gasteiger partial charge in [-0.2, -0.15) is 0 Å². The van der Waals surface area contributed by atoms with E-state index in [0.717, 1.165) is 0 Å². The minimum Gasteiger partial charge on any atom is -0.481 e. The summed E-state index contributed by atoms with van der Waals surface area (Å²) in [4.78, 5) is 21.7. The van der Waals surface area contributed by atoms with Gasteiger partial charge < -0.3 is 10.1 Å². The van der Waals surface area contributed by atoms with E-state index in [-0.39, 0.29) is 16.5 Å². The highest BCUT2D eigenvalue weighted by Crippen LogP contribution is 2.15. The predicted molar refractivity (Wildman–Crippen MR) is 92.5 cm³/mol. The Labute approximate surface area is 147 Å². The van der Waals surface area contributed by atoms with Crippen LogP contribution in [0.15, 0.2) is 48.5 Å². The summed E-state index contributed by atoms with van der Waals surface area (Å²) in [6.07, 6.45) is 0. The molecule has 2 rings (SSSR count). The Morgan fingerprint density at radius 2 is 1.84 bits per heavy atom. The van der Waals surface area contributed by atoms with E-state index in [1.807, 2.05) is 0 Å². The van der Waals surface area contributed by atoms with Crippen LogP contribution in [0, 0.1) is 15.9 Å². The lowest BCUT2D eigenvalue weighted by molar-refractivity contribution is -0.384. The third kappa shape index (κ3) is 5.70. The number of nitro groups is 1. The fourth-order valence-corrected chi connectivity index (χ4v) is 1.87. The number of nitrogens with zero attached hydrogens (tertiary/aromatic N) is 1. The van der Waals surface area contributed by atoms with Crippen molar-refractivity contribution in [1.82, 2.24) is 10.9 Å². The Bertz CT molecular complexity index is 785. The van der Waals surface area contributed by atoms with E-state index in [1.54, 1.807) is 6.07 Å². The van der Waals surface area contributed by atoms with Gasteiger partial charge in [-0.15, -0.1) is 0 Å². The fraction of sp³-hybridized carbons (Fsp3) is 0.0667. The Morgan fingerprint density at radius 3 is 2.48 bits per heavy atom. The molecule has 0 atom stereocenters. The molecule has 2 aromatic carbocycles. The van der Waals surface area contributed by atoms with Gasteiger partial charge in [-0.25, -0.2) is 4.39 Å². The first kappa shape index (κ1) is 18.1. The van der Waals surface area contributed by atoms with E-state index >= 15 is 0 Å². The first-order valence-corrected chi connectivity index (χ1v) is 7.34. The predicted octanol–water partition coefficient (Wildman–Crippen LogP) is 2.13. The molecule has 0 aromatic heterocycles. The average molecular weight is 364 g/mol. The van der Waals surface area contributed by atoms with Crippen molar-refractivity contribution in [2.24, 2.45) is 0 Å². The summed E-state index contributed by atoms with van der Waals surface area (Å²) in [5.41, 5.74) is 5.15. The van der Waals surface area contributed by atoms with Crippen molar-refractivity contribution in [3.05, 3.63) is 64.5 Å². The third-order valence-corrected chi connectivity index (χ3v) is 3.05. The number of nitrogens with one attached hydrogen (secondary N) is 3. The summed E-state index contributed by atoms with van der Waals surface area (Å²) in [5.74, 6) is -1.18. The number of carbonyl (C=O) groups is 1. The van der Waals surface area contributed by atoms with Crippen molar-refractivity contribution in [2.75, 3.05) is 11.9 Å². The Balaban J connectivity index is 1.74. The van der Waals surface area contributed by atoms with Crippen LogP contribution in [0.5, 0.6) is 5.75 Å². The Hall–Kier alpha value is -3.27. The van der Waals surface area contributed by atoms with Crippen LogP contribution in [0.1, 0.15) is 0 Å². The molecule has 10 heteroatoms. The normalized spacial score (nSPS) is 9.80. The van der Waals surface area contributed by atoms with Gasteiger partial charge in [0.05, 0.1) is 4.92 Å². The molecule has 3 N–H and O–H groups in total. The second-order valence-electron chi connectivity index (χ2n) is 4.65. The van der Waals surface area contributed by atoms with Crippen LogP contribution in [0.2, 0.25) is 0 Å². The van der Waals surface area contributed by atoms with Crippen molar-refractivity contribution < 1.29 is 18.8 Å². The number of benzene rings is 2. The number of para-hydroxylation sites is 1. The number of anilines is 1. The summed E-state index contributed by atoms with van der Waals surface area (Å²) in [6.45, 7) is -0.409. The number of non-ortho nitro benzene ring substituents is 1. The molecular formula is C15H13FN4O4S. The second kappa shape index (κ2) is 8.55. The van der Waals surface area contributed by atoms with Gasteiger partial charge in [-0.05, 0) is 36.5 Å². The molecule has 0 fully saturated rings. The number of thiocarbonyl (C=S) groups is 1. The molecule has 0 unspecified atom stereocenters. The van der Waals surface area contributed by atoms with E-state index in [4.69, 9.17) is 17.0 Å². The number of hydrogen-bond acceptors (Lipinski definition) is 5. The molecule has 25 heavy (non-hydrogen) atoms. The molecule has 0 aliphatic rings. The molecule has 0 saturated heterocycles. The lowest BCUT2D eigenvalue weighted by Crippen LogP contribution is -2.45. The molecule has 0 aliphatic carbocycles. The quantitative estimate of drug-likeness (QED) is 0.424. The highest BCUT2D eigenvalue weighted by molar-refractivity contribution is 7.80. The van der Waals surface area contributed by atoms with Crippen molar-refractivity contribution in [1.29, 1.82) is 0 Å². The highest BCUT2D eigenvalue weighted by Gasteiger charge is 2.07. The minimum atomic E-state index is -0.573. The summed E-state index contributed by atoms with van der Waals surface area (Å²) in [7, 11) is 0. The molecular weight excluding hydrogens is 351 g/mol. The zero-order valence-corrected chi connectivity index (χ0v) is 13.5. The lowest BCUT2D eigenvalue weighted by atomic mass is 10.3. The second-order valence-corrected chi connectivity index (χ2v) is 5.06. The molecule has 0 radical (unpaired) electrons. The molecule has 0 bridgehead atoms. The summed E-state index contributed by atoms with van der Waals surface area (Å²) in [6, 6.07) is 11.3. The van der Waals surface area contributed by atoms with Gasteiger partial charge in [-0.1, -0.05) is 12.1 Å². The van der Waals surface area contributed by atoms with E-state index in [0.29, 0.717) is 5.69 Å². The molecule has 0 aliphatic heterocycles. The third-order valence-electron chi connectivity index (χ3n) is 2.85. The number of ether oxygens (including phenoxy) is 1. The van der Waals surface area contributed by atoms with Gasteiger partial charge in [0.15, 0.2) is 23.3 Å². The van der Waals surface area contributed by atoms with Crippen LogP contribution in [0.3, 0.4) is 0 Å². The Kier molecular flexibility index (Phi) is 6.18. The molecule has 1 amide bonds. The van der Waals surface area contributed by atoms with E-state index in [1.165, 1.54) is 42.5 Å². The number of halogens is 1. The number of amides is 1. The van der Waals surface area contributed by atoms with Crippen LogP contribution < -0.4 is 20.9 Å². The minimum absolute atomic E-state index is 0.0377. The molecule has 0 spiro atoms. The van der Waals surface area contributed by atoms with E-state index in [9.17, 15) is 19.3 Å². The monoisotopic (exact) mass is 364 g/mol. The van der Waals surface area contributed by atoms with Gasteiger partial charge in [0, 0.05) is 17.8 Å². The van der Waals surface area contributed by atoms with Crippen molar-refractivity contribution in [3.63, 3.8) is 0 Å². The maximum Gasteiger partial charge on any atom is 0.276 e. The molecule has 8 nitrogen and oxygen atoms in total. The molecule has 2 aromatic rings. The van der Waals surface area contributed by atoms with E-state index < -0.39 is 23.3 Å². The van der Waals surface area contributed by atoms with Gasteiger partial charge in [0.25, 0.3) is 11.6 Å². The highest BCUT2D eigenvalue weighted by atomic mass is 32.1. The van der Waals surface area contributed by atoms with Crippen LogP contribution in [0.4, 0.5) is 15.8 Å². The summed E-state index contributed by atoms with van der Waals surface area (Å²) >= 11 is 4.97. The lowest BCUT2D eigenvalue weighted by Gasteiger charge is -2.12. The Morgan fingerprint density at radius 1 is 1.16 bits per heavy atom. The number of carbonyl (C=O) groups excluding carboxylic acids is 1. The number of hydrazine groups is 1. The van der Waals surface area contributed by atoms with Crippen LogP contribution in [-0.2, 0) is 4.79 Å². The standard InChI is InChI=1S/C15H13FN4O4S/c16-12-3-1-2-4-13(12)24-9-14(21)18-19-15(25)17-10-5-7-11(8-6-10)20(22)23/h1-8H,9H2,(H,18,21)(H2,17,19,25). The first-order chi connectivity index (χ1) is 12.0. The van der Waals surface area contributed by atoms with Gasteiger partial charge in [-0.3, -0.25) is 25.8 Å². The molecule has 130 valence electrons. The SMILES string of the molecule is O=C(COc1ccccc1F)NNC(=S)Nc1ccc([N+](=O)[O-])cc1. The van der Waals surface area contributed by atoms with E-state index in [2.05, 4.69) is 16.2 Å². The smallest absolute Gasteiger partial charge is 0.276 e. The fourth-order valence-electron chi connectivity index (χ4n) is 1.70. The summed E-state index contributed by atoms with van der Waals surface area (Å²) in [5, 5.41) is 13.4. The zero-order valence-electron chi connectivity index (χ0n) is 12.7. The van der Waals surface area contributed by atoms with Crippen molar-refractivity contribution in [2.45, 2.75) is 0 Å². The van der Waals surface area contributed by atoms with Crippen LogP contribution in [-0.4, -0.2) is 22.5 Å². The maximum atomic E-state index is 13.3. The van der Waals surface area contributed by atoms with Crippen LogP contribution >= 0.6 is 12.2 Å². The molecule has 0 saturated carbocycles. The summed E-state index contributed by atoms with van der Waals surface area (Å²) < 4.78 is 18.4. The van der Waals surface area contributed by atoms with Crippen LogP contribution in [0.25, 0.3) is 0 Å². The van der Waals surface area contributed by atoms with Gasteiger partial charge in [0.1, 0.15) is 0 Å². The topological polar surface area (TPSA) is 106 Å². The zero-order chi connectivity index (χ0) is 18.2. The van der Waals surface area contributed by atoms with Crippen molar-refractivity contribution >= 4 is 34.6 Å². The van der Waals surface area contributed by atoms with Crippen molar-refractivity contribution in [3.8, 4) is 5.75 Å². The van der Waals surface area contributed by atoms with Gasteiger partial charge >= 0.3 is 0 Å². The van der Waals surface area contributed by atoms with Gasteiger partial charge in [0.2, 0.25) is 0 Å². The maximum absolute atomic E-state index is 13.3. The molecule has 0 heterocycles. The first-order valence-electron chi connectivity index (χ1n) is 6.93. The largest absolute Gasteiger partial charge is 0.481 e. The number of rotatable bonds is 5. The number of nitro benzene ring substituents is 1. The average Bonchev–Trinajstić information content (AvgIpc) is 2.59.